The van der Waals surface area contributed by atoms with Gasteiger partial charge in [0, 0.05) is 12.1 Å². The summed E-state index contributed by atoms with van der Waals surface area (Å²) >= 11 is 0. The lowest BCUT2D eigenvalue weighted by Gasteiger charge is -2.12. The minimum atomic E-state index is -0.421. The number of benzene rings is 1. The summed E-state index contributed by atoms with van der Waals surface area (Å²) in [4.78, 5) is 0. The number of hydrogen-bond donors (Lipinski definition) is 3. The second kappa shape index (κ2) is 6.70. The molecule has 2 rings (SSSR count). The van der Waals surface area contributed by atoms with Gasteiger partial charge in [0.1, 0.15) is 5.82 Å². The number of nitrogens with zero attached hydrogens (tertiary/aromatic N) is 1. The highest BCUT2D eigenvalue weighted by atomic mass is 19.1. The van der Waals surface area contributed by atoms with Crippen molar-refractivity contribution in [3.63, 3.8) is 0 Å². The van der Waals surface area contributed by atoms with Crippen molar-refractivity contribution in [3.8, 4) is 0 Å². The standard InChI is InChI=1S/C15H22FN3O/c1-10-5-6-11(7-10)8-18-9-12-3-2-4-13(14(12)16)15(17)19-20/h2-4,10-11,18,20H,5-9H2,1H3,(H2,17,19). The third-order valence-electron chi connectivity index (χ3n) is 4.01. The molecule has 4 N–H and O–H groups in total. The highest BCUT2D eigenvalue weighted by Gasteiger charge is 2.20. The molecule has 0 aliphatic heterocycles. The molecule has 0 amide bonds. The van der Waals surface area contributed by atoms with E-state index in [-0.39, 0.29) is 11.4 Å². The van der Waals surface area contributed by atoms with Gasteiger partial charge in [0.15, 0.2) is 5.84 Å². The van der Waals surface area contributed by atoms with Gasteiger partial charge in [-0.2, -0.15) is 0 Å². The predicted molar refractivity (Wildman–Crippen MR) is 77.1 cm³/mol. The van der Waals surface area contributed by atoms with Gasteiger partial charge in [-0.15, -0.1) is 0 Å². The molecule has 1 aliphatic rings. The van der Waals surface area contributed by atoms with Crippen molar-refractivity contribution in [1.82, 2.24) is 5.32 Å². The first-order valence-corrected chi connectivity index (χ1v) is 7.07. The lowest BCUT2D eigenvalue weighted by atomic mass is 10.1. The quantitative estimate of drug-likeness (QED) is 0.335. The maximum atomic E-state index is 14.2. The van der Waals surface area contributed by atoms with Crippen LogP contribution in [0.5, 0.6) is 0 Å². The van der Waals surface area contributed by atoms with Crippen molar-refractivity contribution in [2.24, 2.45) is 22.7 Å². The van der Waals surface area contributed by atoms with Gasteiger partial charge in [-0.05, 0) is 37.3 Å². The summed E-state index contributed by atoms with van der Waals surface area (Å²) < 4.78 is 14.2. The van der Waals surface area contributed by atoms with Crippen molar-refractivity contribution >= 4 is 5.84 Å². The molecule has 20 heavy (non-hydrogen) atoms. The Morgan fingerprint density at radius 3 is 2.95 bits per heavy atom. The fourth-order valence-corrected chi connectivity index (χ4v) is 2.89. The van der Waals surface area contributed by atoms with E-state index in [0.29, 0.717) is 18.0 Å². The fourth-order valence-electron chi connectivity index (χ4n) is 2.89. The number of halogens is 1. The number of hydrogen-bond acceptors (Lipinski definition) is 3. The summed E-state index contributed by atoms with van der Waals surface area (Å²) in [6.45, 7) is 3.65. The average Bonchev–Trinajstić information content (AvgIpc) is 2.85. The van der Waals surface area contributed by atoms with Crippen LogP contribution in [-0.2, 0) is 6.54 Å². The van der Waals surface area contributed by atoms with Crippen LogP contribution in [0.1, 0.15) is 37.3 Å². The molecule has 0 spiro atoms. The second-order valence-electron chi connectivity index (χ2n) is 5.68. The van der Waals surface area contributed by atoms with Gasteiger partial charge in [0.2, 0.25) is 0 Å². The minimum Gasteiger partial charge on any atom is -0.409 e. The van der Waals surface area contributed by atoms with Crippen LogP contribution in [0.25, 0.3) is 0 Å². The highest BCUT2D eigenvalue weighted by molar-refractivity contribution is 5.97. The number of oxime groups is 1. The number of rotatable bonds is 5. The third kappa shape index (κ3) is 3.48. The van der Waals surface area contributed by atoms with E-state index in [2.05, 4.69) is 17.4 Å². The molecular formula is C15H22FN3O. The Kier molecular flexibility index (Phi) is 4.95. The number of nitrogens with two attached hydrogens (primary N) is 1. The van der Waals surface area contributed by atoms with Gasteiger partial charge in [-0.25, -0.2) is 4.39 Å². The molecule has 1 aromatic rings. The zero-order chi connectivity index (χ0) is 14.5. The molecule has 1 fully saturated rings. The number of amidine groups is 1. The van der Waals surface area contributed by atoms with E-state index in [1.165, 1.54) is 25.3 Å². The molecule has 4 nitrogen and oxygen atoms in total. The van der Waals surface area contributed by atoms with Crippen LogP contribution in [0.3, 0.4) is 0 Å². The van der Waals surface area contributed by atoms with Crippen LogP contribution in [0.4, 0.5) is 4.39 Å². The first-order valence-electron chi connectivity index (χ1n) is 7.07. The molecule has 0 heterocycles. The maximum absolute atomic E-state index is 14.2. The molecule has 1 aliphatic carbocycles. The highest BCUT2D eigenvalue weighted by Crippen LogP contribution is 2.29. The van der Waals surface area contributed by atoms with E-state index >= 15 is 0 Å². The van der Waals surface area contributed by atoms with Crippen molar-refractivity contribution < 1.29 is 9.60 Å². The first kappa shape index (κ1) is 14.8. The molecule has 2 atom stereocenters. The monoisotopic (exact) mass is 279 g/mol. The van der Waals surface area contributed by atoms with E-state index in [1.54, 1.807) is 12.1 Å². The van der Waals surface area contributed by atoms with Gasteiger partial charge < -0.3 is 16.3 Å². The minimum absolute atomic E-state index is 0.140. The van der Waals surface area contributed by atoms with Gasteiger partial charge >= 0.3 is 0 Å². The average molecular weight is 279 g/mol. The normalized spacial score (nSPS) is 23.2. The van der Waals surface area contributed by atoms with Crippen molar-refractivity contribution in [3.05, 3.63) is 35.1 Å². The van der Waals surface area contributed by atoms with Crippen molar-refractivity contribution in [2.75, 3.05) is 6.54 Å². The SMILES string of the molecule is CC1CCC(CNCc2cccc(/C(N)=N/O)c2F)C1. The van der Waals surface area contributed by atoms with Gasteiger partial charge in [0.25, 0.3) is 0 Å². The van der Waals surface area contributed by atoms with Gasteiger partial charge in [0.05, 0.1) is 5.56 Å². The summed E-state index contributed by atoms with van der Waals surface area (Å²) in [5.41, 5.74) is 6.13. The Balaban J connectivity index is 1.93. The molecule has 1 aromatic carbocycles. The summed E-state index contributed by atoms with van der Waals surface area (Å²) in [7, 11) is 0. The second-order valence-corrected chi connectivity index (χ2v) is 5.68. The van der Waals surface area contributed by atoms with Crippen LogP contribution in [0, 0.1) is 17.7 Å². The molecule has 0 bridgehead atoms. The van der Waals surface area contributed by atoms with Crippen LogP contribution < -0.4 is 11.1 Å². The molecule has 5 heteroatoms. The van der Waals surface area contributed by atoms with Crippen LogP contribution in [0.15, 0.2) is 23.4 Å². The third-order valence-corrected chi connectivity index (χ3v) is 4.01. The fraction of sp³-hybridized carbons (Fsp3) is 0.533. The summed E-state index contributed by atoms with van der Waals surface area (Å²) in [6.07, 6.45) is 3.79. The van der Waals surface area contributed by atoms with Gasteiger partial charge in [-0.1, -0.05) is 30.6 Å². The lowest BCUT2D eigenvalue weighted by Crippen LogP contribution is -2.22. The van der Waals surface area contributed by atoms with Crippen LogP contribution in [-0.4, -0.2) is 17.6 Å². The lowest BCUT2D eigenvalue weighted by molar-refractivity contribution is 0.318. The predicted octanol–water partition coefficient (Wildman–Crippen LogP) is 2.45. The molecule has 0 radical (unpaired) electrons. The Hall–Kier alpha value is -1.62. The zero-order valence-electron chi connectivity index (χ0n) is 11.8. The first-order chi connectivity index (χ1) is 9.61. The van der Waals surface area contributed by atoms with Gasteiger partial charge in [-0.3, -0.25) is 0 Å². The summed E-state index contributed by atoms with van der Waals surface area (Å²) in [6, 6.07) is 4.94. The molecule has 0 saturated heterocycles. The van der Waals surface area contributed by atoms with E-state index in [0.717, 1.165) is 12.5 Å². The molecule has 0 aromatic heterocycles. The molecule has 1 saturated carbocycles. The van der Waals surface area contributed by atoms with E-state index in [4.69, 9.17) is 10.9 Å². The number of nitrogens with one attached hydrogen (secondary N) is 1. The largest absolute Gasteiger partial charge is 0.409 e. The Labute approximate surface area is 118 Å². The summed E-state index contributed by atoms with van der Waals surface area (Å²) in [5, 5.41) is 14.8. The smallest absolute Gasteiger partial charge is 0.173 e. The maximum Gasteiger partial charge on any atom is 0.173 e. The molecule has 110 valence electrons. The summed E-state index contributed by atoms with van der Waals surface area (Å²) in [5.74, 6) is 0.881. The van der Waals surface area contributed by atoms with E-state index in [1.807, 2.05) is 0 Å². The Morgan fingerprint density at radius 2 is 2.30 bits per heavy atom. The van der Waals surface area contributed by atoms with Crippen molar-refractivity contribution in [1.29, 1.82) is 0 Å². The van der Waals surface area contributed by atoms with Crippen LogP contribution >= 0.6 is 0 Å². The Morgan fingerprint density at radius 1 is 1.50 bits per heavy atom. The molecule has 2 unspecified atom stereocenters. The zero-order valence-corrected chi connectivity index (χ0v) is 11.8. The van der Waals surface area contributed by atoms with E-state index in [9.17, 15) is 4.39 Å². The van der Waals surface area contributed by atoms with Crippen molar-refractivity contribution in [2.45, 2.75) is 32.7 Å². The molecular weight excluding hydrogens is 257 g/mol. The van der Waals surface area contributed by atoms with E-state index < -0.39 is 5.82 Å². The topological polar surface area (TPSA) is 70.6 Å². The Bertz CT molecular complexity index is 490. The van der Waals surface area contributed by atoms with Crippen LogP contribution in [0.2, 0.25) is 0 Å².